The lowest BCUT2D eigenvalue weighted by Crippen LogP contribution is -2.54. The Bertz CT molecular complexity index is 344. The van der Waals surface area contributed by atoms with Crippen LogP contribution in [0.1, 0.15) is 26.3 Å². The number of hydrogen-bond acceptors (Lipinski definition) is 2. The number of nitrogens with two attached hydrogens (primary N) is 1. The summed E-state index contributed by atoms with van der Waals surface area (Å²) < 4.78 is 0. The van der Waals surface area contributed by atoms with E-state index in [0.29, 0.717) is 6.42 Å². The molecule has 3 N–H and O–H groups in total. The van der Waals surface area contributed by atoms with Gasteiger partial charge in [0.05, 0.1) is 6.42 Å². The van der Waals surface area contributed by atoms with Crippen molar-refractivity contribution in [3.05, 3.63) is 35.9 Å². The number of amides is 1. The van der Waals surface area contributed by atoms with Crippen LogP contribution in [-0.4, -0.2) is 17.5 Å². The zero-order valence-corrected chi connectivity index (χ0v) is 10.2. The molecule has 3 nitrogen and oxygen atoms in total. The maximum absolute atomic E-state index is 11.8. The number of carbonyl (C=O) groups excluding carboxylic acids is 1. The average molecular weight is 220 g/mol. The molecular weight excluding hydrogens is 200 g/mol. The number of benzene rings is 1. The van der Waals surface area contributed by atoms with E-state index in [1.807, 2.05) is 51.1 Å². The Balaban J connectivity index is 2.55. The molecule has 88 valence electrons. The Morgan fingerprint density at radius 1 is 1.38 bits per heavy atom. The van der Waals surface area contributed by atoms with Gasteiger partial charge in [-0.1, -0.05) is 30.3 Å². The van der Waals surface area contributed by atoms with Crippen molar-refractivity contribution in [2.75, 3.05) is 0 Å². The van der Waals surface area contributed by atoms with E-state index < -0.39 is 0 Å². The van der Waals surface area contributed by atoms with E-state index in [0.717, 1.165) is 5.56 Å². The maximum Gasteiger partial charge on any atom is 0.224 e. The van der Waals surface area contributed by atoms with Gasteiger partial charge in [-0.05, 0) is 26.3 Å². The van der Waals surface area contributed by atoms with Gasteiger partial charge in [0.25, 0.3) is 0 Å². The number of nitrogens with one attached hydrogen (secondary N) is 1. The summed E-state index contributed by atoms with van der Waals surface area (Å²) in [5.41, 5.74) is 6.44. The smallest absolute Gasteiger partial charge is 0.224 e. The Morgan fingerprint density at radius 3 is 2.44 bits per heavy atom. The Kier molecular flexibility index (Phi) is 4.07. The van der Waals surface area contributed by atoms with Gasteiger partial charge in [0.2, 0.25) is 5.91 Å². The molecule has 3 heteroatoms. The van der Waals surface area contributed by atoms with Crippen LogP contribution >= 0.6 is 0 Å². The number of rotatable bonds is 4. The first-order valence-corrected chi connectivity index (χ1v) is 5.52. The zero-order chi connectivity index (χ0) is 12.2. The predicted octanol–water partition coefficient (Wildman–Crippen LogP) is 1.47. The lowest BCUT2D eigenvalue weighted by molar-refractivity contribution is -0.122. The molecule has 1 amide bonds. The third kappa shape index (κ3) is 3.66. The molecule has 0 aliphatic carbocycles. The average Bonchev–Trinajstić information content (AvgIpc) is 2.17. The van der Waals surface area contributed by atoms with Gasteiger partial charge in [-0.25, -0.2) is 0 Å². The molecule has 1 atom stereocenters. The van der Waals surface area contributed by atoms with Gasteiger partial charge in [-0.3, -0.25) is 4.79 Å². The second-order valence-electron chi connectivity index (χ2n) is 4.72. The van der Waals surface area contributed by atoms with Crippen molar-refractivity contribution in [1.82, 2.24) is 5.32 Å². The molecule has 0 saturated heterocycles. The van der Waals surface area contributed by atoms with Crippen LogP contribution in [0.2, 0.25) is 0 Å². The lowest BCUT2D eigenvalue weighted by Gasteiger charge is -2.30. The first-order chi connectivity index (χ1) is 7.42. The highest BCUT2D eigenvalue weighted by atomic mass is 16.1. The van der Waals surface area contributed by atoms with Crippen molar-refractivity contribution in [2.45, 2.75) is 38.8 Å². The molecule has 0 aliphatic rings. The van der Waals surface area contributed by atoms with Crippen LogP contribution in [0.25, 0.3) is 0 Å². The van der Waals surface area contributed by atoms with Crippen molar-refractivity contribution in [3.8, 4) is 0 Å². The van der Waals surface area contributed by atoms with Crippen LogP contribution in [0.3, 0.4) is 0 Å². The fourth-order valence-corrected chi connectivity index (χ4v) is 1.30. The van der Waals surface area contributed by atoms with Crippen molar-refractivity contribution in [3.63, 3.8) is 0 Å². The summed E-state index contributed by atoms with van der Waals surface area (Å²) in [7, 11) is 0. The van der Waals surface area contributed by atoms with Gasteiger partial charge in [0, 0.05) is 11.6 Å². The minimum atomic E-state index is -0.369. The normalized spacial score (nSPS) is 13.2. The molecular formula is C13H20N2O. The van der Waals surface area contributed by atoms with Crippen molar-refractivity contribution < 1.29 is 4.79 Å². The molecule has 0 saturated carbocycles. The maximum atomic E-state index is 11.8. The second kappa shape index (κ2) is 5.12. The summed E-state index contributed by atoms with van der Waals surface area (Å²) >= 11 is 0. The Hall–Kier alpha value is -1.35. The molecule has 1 rings (SSSR count). The van der Waals surface area contributed by atoms with E-state index in [-0.39, 0.29) is 17.5 Å². The minimum Gasteiger partial charge on any atom is -0.349 e. The zero-order valence-electron chi connectivity index (χ0n) is 10.2. The molecule has 0 aromatic heterocycles. The molecule has 0 bridgehead atoms. The fourth-order valence-electron chi connectivity index (χ4n) is 1.30. The van der Waals surface area contributed by atoms with Crippen LogP contribution in [0.5, 0.6) is 0 Å². The lowest BCUT2D eigenvalue weighted by atomic mass is 9.96. The van der Waals surface area contributed by atoms with Gasteiger partial charge >= 0.3 is 0 Å². The molecule has 0 heterocycles. The number of hydrogen-bond donors (Lipinski definition) is 2. The Morgan fingerprint density at radius 2 is 1.94 bits per heavy atom. The van der Waals surface area contributed by atoms with Crippen molar-refractivity contribution >= 4 is 5.91 Å². The highest BCUT2D eigenvalue weighted by Gasteiger charge is 2.24. The molecule has 0 aliphatic heterocycles. The van der Waals surface area contributed by atoms with Gasteiger partial charge in [-0.15, -0.1) is 0 Å². The quantitative estimate of drug-likeness (QED) is 0.807. The van der Waals surface area contributed by atoms with Gasteiger partial charge in [0.15, 0.2) is 0 Å². The van der Waals surface area contributed by atoms with E-state index in [9.17, 15) is 4.79 Å². The highest BCUT2D eigenvalue weighted by Crippen LogP contribution is 2.07. The first kappa shape index (κ1) is 12.7. The highest BCUT2D eigenvalue weighted by molar-refractivity contribution is 5.79. The molecule has 1 aromatic rings. The topological polar surface area (TPSA) is 55.1 Å². The molecule has 1 unspecified atom stereocenters. The summed E-state index contributed by atoms with van der Waals surface area (Å²) in [6, 6.07) is 9.61. The molecule has 1 aromatic carbocycles. The second-order valence-corrected chi connectivity index (χ2v) is 4.72. The fraction of sp³-hybridized carbons (Fsp3) is 0.462. The first-order valence-electron chi connectivity index (χ1n) is 5.52. The standard InChI is InChI=1S/C13H20N2O/c1-10(14)13(2,3)15-12(16)9-11-7-5-4-6-8-11/h4-8,10H,9,14H2,1-3H3,(H,15,16). The summed E-state index contributed by atoms with van der Waals surface area (Å²) in [6.07, 6.45) is 0.400. The van der Waals surface area contributed by atoms with Gasteiger partial charge in [0.1, 0.15) is 0 Å². The van der Waals surface area contributed by atoms with Crippen molar-refractivity contribution in [1.29, 1.82) is 0 Å². The van der Waals surface area contributed by atoms with E-state index in [1.165, 1.54) is 0 Å². The largest absolute Gasteiger partial charge is 0.349 e. The summed E-state index contributed by atoms with van der Waals surface area (Å²) in [6.45, 7) is 5.75. The van der Waals surface area contributed by atoms with Gasteiger partial charge < -0.3 is 11.1 Å². The summed E-state index contributed by atoms with van der Waals surface area (Å²) in [5.74, 6) is 0.00787. The van der Waals surface area contributed by atoms with Crippen molar-refractivity contribution in [2.24, 2.45) is 5.73 Å². The Labute approximate surface area is 97.0 Å². The number of carbonyl (C=O) groups is 1. The van der Waals surface area contributed by atoms with Crippen LogP contribution in [-0.2, 0) is 11.2 Å². The molecule has 0 fully saturated rings. The van der Waals surface area contributed by atoms with E-state index in [2.05, 4.69) is 5.32 Å². The molecule has 0 radical (unpaired) electrons. The van der Waals surface area contributed by atoms with Crippen LogP contribution in [0, 0.1) is 0 Å². The third-order valence-corrected chi connectivity index (χ3v) is 2.81. The molecule has 16 heavy (non-hydrogen) atoms. The van der Waals surface area contributed by atoms with E-state index in [4.69, 9.17) is 5.73 Å². The van der Waals surface area contributed by atoms with Crippen LogP contribution in [0.15, 0.2) is 30.3 Å². The minimum absolute atomic E-state index is 0.00787. The van der Waals surface area contributed by atoms with Crippen LogP contribution in [0.4, 0.5) is 0 Å². The SMILES string of the molecule is CC(N)C(C)(C)NC(=O)Cc1ccccc1. The summed E-state index contributed by atoms with van der Waals surface area (Å²) in [4.78, 5) is 11.8. The molecule has 0 spiro atoms. The van der Waals surface area contributed by atoms with Gasteiger partial charge in [-0.2, -0.15) is 0 Å². The predicted molar refractivity (Wildman–Crippen MR) is 66.0 cm³/mol. The monoisotopic (exact) mass is 220 g/mol. The van der Waals surface area contributed by atoms with E-state index in [1.54, 1.807) is 0 Å². The van der Waals surface area contributed by atoms with Crippen LogP contribution < -0.4 is 11.1 Å². The third-order valence-electron chi connectivity index (χ3n) is 2.81. The van der Waals surface area contributed by atoms with E-state index >= 15 is 0 Å². The summed E-state index contributed by atoms with van der Waals surface area (Å²) in [5, 5.41) is 2.94.